The summed E-state index contributed by atoms with van der Waals surface area (Å²) in [6.07, 6.45) is 6.46. The van der Waals surface area contributed by atoms with Crippen molar-refractivity contribution >= 4 is 29.1 Å². The van der Waals surface area contributed by atoms with Crippen LogP contribution in [0.1, 0.15) is 21.5 Å². The number of rotatable bonds is 5. The van der Waals surface area contributed by atoms with Gasteiger partial charge in [0.05, 0.1) is 5.56 Å². The zero-order valence-electron chi connectivity index (χ0n) is 13.5. The minimum absolute atomic E-state index is 0.274. The fourth-order valence-electron chi connectivity index (χ4n) is 2.18. The molecular formula is C18H16ClN5O. The largest absolute Gasteiger partial charge is 0.350 e. The molecule has 2 aromatic heterocycles. The van der Waals surface area contributed by atoms with Crippen molar-refractivity contribution in [2.24, 2.45) is 0 Å². The van der Waals surface area contributed by atoms with Gasteiger partial charge in [-0.2, -0.15) is 0 Å². The maximum atomic E-state index is 12.3. The maximum Gasteiger partial charge on any atom is 0.258 e. The van der Waals surface area contributed by atoms with Crippen molar-refractivity contribution in [1.82, 2.24) is 15.0 Å². The number of amides is 1. The van der Waals surface area contributed by atoms with Gasteiger partial charge in [-0.25, -0.2) is 9.97 Å². The number of halogens is 1. The Labute approximate surface area is 150 Å². The molecule has 0 aliphatic rings. The lowest BCUT2D eigenvalue weighted by atomic mass is 10.2. The van der Waals surface area contributed by atoms with Crippen molar-refractivity contribution < 1.29 is 4.79 Å². The molecule has 0 radical (unpaired) electrons. The van der Waals surface area contributed by atoms with E-state index in [-0.39, 0.29) is 5.91 Å². The van der Waals surface area contributed by atoms with E-state index in [2.05, 4.69) is 25.6 Å². The van der Waals surface area contributed by atoms with Gasteiger partial charge in [-0.3, -0.25) is 9.78 Å². The Balaban J connectivity index is 1.62. The van der Waals surface area contributed by atoms with Crippen LogP contribution in [-0.4, -0.2) is 20.9 Å². The van der Waals surface area contributed by atoms with Gasteiger partial charge in [-0.05, 0) is 42.3 Å². The second kappa shape index (κ2) is 7.72. The van der Waals surface area contributed by atoms with Crippen LogP contribution in [0.5, 0.6) is 0 Å². The molecule has 0 aliphatic heterocycles. The maximum absolute atomic E-state index is 12.3. The van der Waals surface area contributed by atoms with E-state index in [1.807, 2.05) is 19.1 Å². The number of nitrogens with one attached hydrogen (secondary N) is 2. The first-order chi connectivity index (χ1) is 12.1. The highest BCUT2D eigenvalue weighted by molar-refractivity contribution is 6.30. The van der Waals surface area contributed by atoms with Crippen molar-refractivity contribution in [3.05, 3.63) is 76.8 Å². The average molecular weight is 354 g/mol. The molecule has 0 spiro atoms. The molecule has 1 aromatic carbocycles. The van der Waals surface area contributed by atoms with Gasteiger partial charge in [0, 0.05) is 42.0 Å². The number of aromatic nitrogens is 3. The summed E-state index contributed by atoms with van der Waals surface area (Å²) in [5.41, 5.74) is 2.98. The normalized spacial score (nSPS) is 10.3. The molecule has 3 aromatic rings. The zero-order chi connectivity index (χ0) is 17.6. The van der Waals surface area contributed by atoms with Crippen LogP contribution in [0.2, 0.25) is 5.02 Å². The summed E-state index contributed by atoms with van der Waals surface area (Å²) < 4.78 is 0. The van der Waals surface area contributed by atoms with Gasteiger partial charge in [0.15, 0.2) is 0 Å². The summed E-state index contributed by atoms with van der Waals surface area (Å²) in [5, 5.41) is 6.54. The van der Waals surface area contributed by atoms with Gasteiger partial charge >= 0.3 is 0 Å². The lowest BCUT2D eigenvalue weighted by Gasteiger charge is -2.09. The van der Waals surface area contributed by atoms with Gasteiger partial charge in [-0.1, -0.05) is 17.7 Å². The highest BCUT2D eigenvalue weighted by Gasteiger charge is 2.09. The second-order valence-electron chi connectivity index (χ2n) is 5.42. The summed E-state index contributed by atoms with van der Waals surface area (Å²) in [5.74, 6) is 0.173. The van der Waals surface area contributed by atoms with Crippen LogP contribution in [0.15, 0.2) is 55.1 Å². The summed E-state index contributed by atoms with van der Waals surface area (Å²) in [4.78, 5) is 24.7. The van der Waals surface area contributed by atoms with Crippen molar-refractivity contribution in [2.45, 2.75) is 13.5 Å². The number of hydrogen-bond acceptors (Lipinski definition) is 5. The van der Waals surface area contributed by atoms with Gasteiger partial charge < -0.3 is 10.6 Å². The van der Waals surface area contributed by atoms with Crippen LogP contribution in [0.25, 0.3) is 0 Å². The molecule has 7 heteroatoms. The topological polar surface area (TPSA) is 79.8 Å². The summed E-state index contributed by atoms with van der Waals surface area (Å²) in [7, 11) is 0. The van der Waals surface area contributed by atoms with Crippen LogP contribution in [0.3, 0.4) is 0 Å². The third-order valence-electron chi connectivity index (χ3n) is 3.52. The Morgan fingerprint density at radius 2 is 1.96 bits per heavy atom. The van der Waals surface area contributed by atoms with E-state index in [4.69, 9.17) is 11.6 Å². The number of anilines is 2. The number of aryl methyl sites for hydroxylation is 1. The lowest BCUT2D eigenvalue weighted by Crippen LogP contribution is -2.14. The number of nitrogens with zero attached hydrogens (tertiary/aromatic N) is 3. The van der Waals surface area contributed by atoms with E-state index in [9.17, 15) is 4.79 Å². The van der Waals surface area contributed by atoms with Gasteiger partial charge in [0.2, 0.25) is 5.95 Å². The van der Waals surface area contributed by atoms with Gasteiger partial charge in [0.1, 0.15) is 0 Å². The Morgan fingerprint density at radius 1 is 1.16 bits per heavy atom. The highest BCUT2D eigenvalue weighted by atomic mass is 35.5. The van der Waals surface area contributed by atoms with Gasteiger partial charge in [0.25, 0.3) is 5.91 Å². The number of carbonyl (C=O) groups excluding carboxylic acids is 1. The van der Waals surface area contributed by atoms with E-state index in [1.165, 1.54) is 12.4 Å². The molecule has 6 nitrogen and oxygen atoms in total. The second-order valence-corrected chi connectivity index (χ2v) is 5.86. The van der Waals surface area contributed by atoms with Crippen molar-refractivity contribution in [3.63, 3.8) is 0 Å². The van der Waals surface area contributed by atoms with E-state index in [0.29, 0.717) is 28.8 Å². The van der Waals surface area contributed by atoms with Crippen LogP contribution in [0, 0.1) is 6.92 Å². The Hall–Kier alpha value is -2.99. The smallest absolute Gasteiger partial charge is 0.258 e. The minimum atomic E-state index is -0.274. The molecule has 0 aliphatic carbocycles. The Kier molecular flexibility index (Phi) is 5.20. The van der Waals surface area contributed by atoms with Crippen LogP contribution < -0.4 is 10.6 Å². The molecule has 0 saturated carbocycles. The predicted molar refractivity (Wildman–Crippen MR) is 97.7 cm³/mol. The molecule has 3 rings (SSSR count). The summed E-state index contributed by atoms with van der Waals surface area (Å²) in [6.45, 7) is 2.44. The number of hydrogen-bond donors (Lipinski definition) is 2. The molecule has 25 heavy (non-hydrogen) atoms. The first-order valence-corrected chi connectivity index (χ1v) is 8.02. The van der Waals surface area contributed by atoms with E-state index < -0.39 is 0 Å². The van der Waals surface area contributed by atoms with Crippen LogP contribution in [0.4, 0.5) is 11.6 Å². The van der Waals surface area contributed by atoms with E-state index in [0.717, 1.165) is 11.1 Å². The molecule has 0 unspecified atom stereocenters. The predicted octanol–water partition coefficient (Wildman–Crippen LogP) is 3.70. The molecule has 0 saturated heterocycles. The lowest BCUT2D eigenvalue weighted by molar-refractivity contribution is 0.102. The zero-order valence-corrected chi connectivity index (χ0v) is 14.3. The Bertz CT molecular complexity index is 868. The Morgan fingerprint density at radius 3 is 2.64 bits per heavy atom. The third kappa shape index (κ3) is 4.51. The molecule has 2 N–H and O–H groups in total. The van der Waals surface area contributed by atoms with Crippen molar-refractivity contribution in [3.8, 4) is 0 Å². The molecule has 0 fully saturated rings. The minimum Gasteiger partial charge on any atom is -0.350 e. The van der Waals surface area contributed by atoms with Crippen LogP contribution >= 0.6 is 11.6 Å². The third-order valence-corrected chi connectivity index (χ3v) is 3.76. The summed E-state index contributed by atoms with van der Waals surface area (Å²) in [6, 6.07) is 9.10. The molecular weight excluding hydrogens is 338 g/mol. The first kappa shape index (κ1) is 16.9. The fraction of sp³-hybridized carbons (Fsp3) is 0.111. The average Bonchev–Trinajstić information content (AvgIpc) is 2.63. The molecule has 2 heterocycles. The first-order valence-electron chi connectivity index (χ1n) is 7.64. The highest BCUT2D eigenvalue weighted by Crippen LogP contribution is 2.20. The van der Waals surface area contributed by atoms with E-state index >= 15 is 0 Å². The number of pyridine rings is 1. The SMILES string of the molecule is Cc1cc(Cl)ccc1NC(=O)c1cnc(NCc2cccnc2)nc1. The number of benzene rings is 1. The molecule has 0 bridgehead atoms. The summed E-state index contributed by atoms with van der Waals surface area (Å²) >= 11 is 5.92. The standard InChI is InChI=1S/C18H16ClN5O/c1-12-7-15(19)4-5-16(12)24-17(25)14-10-22-18(23-11-14)21-9-13-3-2-6-20-8-13/h2-8,10-11H,9H2,1H3,(H,24,25)(H,21,22,23). The quantitative estimate of drug-likeness (QED) is 0.731. The molecule has 126 valence electrons. The number of carbonyl (C=O) groups is 1. The van der Waals surface area contributed by atoms with E-state index in [1.54, 1.807) is 30.6 Å². The monoisotopic (exact) mass is 353 g/mol. The molecule has 1 amide bonds. The van der Waals surface area contributed by atoms with Crippen LogP contribution in [-0.2, 0) is 6.54 Å². The van der Waals surface area contributed by atoms with Crippen molar-refractivity contribution in [1.29, 1.82) is 0 Å². The molecule has 0 atom stereocenters. The van der Waals surface area contributed by atoms with Crippen molar-refractivity contribution in [2.75, 3.05) is 10.6 Å². The fourth-order valence-corrected chi connectivity index (χ4v) is 2.41. The van der Waals surface area contributed by atoms with Gasteiger partial charge in [-0.15, -0.1) is 0 Å².